The molecule has 0 N–H and O–H groups in total. The van der Waals surface area contributed by atoms with Crippen molar-refractivity contribution in [3.8, 4) is 0 Å². The van der Waals surface area contributed by atoms with Crippen LogP contribution < -0.4 is 0 Å². The van der Waals surface area contributed by atoms with Crippen LogP contribution >= 0.6 is 11.6 Å². The number of allylic oxidation sites excluding steroid dienone is 1. The maximum absolute atomic E-state index is 5.99. The van der Waals surface area contributed by atoms with Gasteiger partial charge in [-0.15, -0.1) is 0 Å². The topological polar surface area (TPSA) is 3.24 Å². The fourth-order valence-corrected chi connectivity index (χ4v) is 1.13. The second-order valence-electron chi connectivity index (χ2n) is 2.50. The molecule has 0 atom stereocenters. The lowest BCUT2D eigenvalue weighted by molar-refractivity contribution is 0.535. The maximum Gasteiger partial charge on any atom is 0.103 e. The summed E-state index contributed by atoms with van der Waals surface area (Å²) in [6.07, 6.45) is 2.10. The van der Waals surface area contributed by atoms with Crippen LogP contribution in [0.1, 0.15) is 26.7 Å². The van der Waals surface area contributed by atoms with Crippen molar-refractivity contribution in [1.29, 1.82) is 0 Å². The zero-order chi connectivity index (χ0) is 8.15. The Kier molecular flexibility index (Phi) is 4.54. The van der Waals surface area contributed by atoms with Gasteiger partial charge in [-0.05, 0) is 18.4 Å². The molecule has 0 aromatic carbocycles. The maximum atomic E-state index is 5.99. The quantitative estimate of drug-likeness (QED) is 0.576. The van der Waals surface area contributed by atoms with Gasteiger partial charge in [-0.2, -0.15) is 0 Å². The van der Waals surface area contributed by atoms with Crippen molar-refractivity contribution in [3.05, 3.63) is 10.7 Å². The SMILES string of the molecule is CCC(CC)=C(Cl)N(C)C. The first-order valence-electron chi connectivity index (χ1n) is 3.68. The molecule has 0 aromatic heterocycles. The summed E-state index contributed by atoms with van der Waals surface area (Å²) in [5.74, 6) is 0. The van der Waals surface area contributed by atoms with E-state index < -0.39 is 0 Å². The average molecular weight is 162 g/mol. The Morgan fingerprint density at radius 3 is 1.70 bits per heavy atom. The average Bonchev–Trinajstić information content (AvgIpc) is 1.90. The fourth-order valence-electron chi connectivity index (χ4n) is 0.858. The summed E-state index contributed by atoms with van der Waals surface area (Å²) in [5, 5.41) is 0.894. The predicted molar refractivity (Wildman–Crippen MR) is 47.1 cm³/mol. The van der Waals surface area contributed by atoms with Crippen molar-refractivity contribution in [2.45, 2.75) is 26.7 Å². The van der Waals surface area contributed by atoms with E-state index in [0.717, 1.165) is 18.0 Å². The third-order valence-electron chi connectivity index (χ3n) is 1.54. The van der Waals surface area contributed by atoms with Crippen LogP contribution in [0.2, 0.25) is 0 Å². The molecule has 10 heavy (non-hydrogen) atoms. The van der Waals surface area contributed by atoms with E-state index in [4.69, 9.17) is 11.6 Å². The lowest BCUT2D eigenvalue weighted by Crippen LogP contribution is -2.08. The van der Waals surface area contributed by atoms with Gasteiger partial charge in [0.15, 0.2) is 0 Å². The van der Waals surface area contributed by atoms with E-state index >= 15 is 0 Å². The fraction of sp³-hybridized carbons (Fsp3) is 0.750. The lowest BCUT2D eigenvalue weighted by Gasteiger charge is -2.14. The molecule has 2 heteroatoms. The molecule has 0 aliphatic carbocycles. The minimum atomic E-state index is 0.894. The molecule has 0 saturated carbocycles. The number of hydrogen-bond acceptors (Lipinski definition) is 1. The lowest BCUT2D eigenvalue weighted by atomic mass is 10.2. The first-order chi connectivity index (χ1) is 4.63. The molecule has 0 aromatic rings. The van der Waals surface area contributed by atoms with E-state index in [2.05, 4.69) is 13.8 Å². The monoisotopic (exact) mass is 161 g/mol. The highest BCUT2D eigenvalue weighted by Crippen LogP contribution is 2.17. The van der Waals surface area contributed by atoms with Crippen LogP contribution in [0, 0.1) is 0 Å². The Labute approximate surface area is 68.7 Å². The van der Waals surface area contributed by atoms with Crippen LogP contribution in [0.3, 0.4) is 0 Å². The van der Waals surface area contributed by atoms with Crippen LogP contribution in [0.5, 0.6) is 0 Å². The Bertz CT molecular complexity index is 121. The standard InChI is InChI=1S/C8H16ClN/c1-5-7(6-2)8(9)10(3)4/h5-6H2,1-4H3. The normalized spacial score (nSPS) is 9.30. The van der Waals surface area contributed by atoms with E-state index in [0.29, 0.717) is 0 Å². The molecule has 0 spiro atoms. The molecule has 0 amide bonds. The van der Waals surface area contributed by atoms with Crippen LogP contribution in [-0.4, -0.2) is 19.0 Å². The second kappa shape index (κ2) is 4.62. The second-order valence-corrected chi connectivity index (χ2v) is 2.85. The molecule has 60 valence electrons. The zero-order valence-electron chi connectivity index (χ0n) is 7.24. The van der Waals surface area contributed by atoms with Gasteiger partial charge in [-0.3, -0.25) is 0 Å². The summed E-state index contributed by atoms with van der Waals surface area (Å²) in [7, 11) is 3.93. The Morgan fingerprint density at radius 1 is 1.20 bits per heavy atom. The molecule has 0 fully saturated rings. The molecule has 0 unspecified atom stereocenters. The highest BCUT2D eigenvalue weighted by molar-refractivity contribution is 6.29. The van der Waals surface area contributed by atoms with Gasteiger partial charge in [0.05, 0.1) is 0 Å². The minimum Gasteiger partial charge on any atom is -0.369 e. The number of rotatable bonds is 3. The van der Waals surface area contributed by atoms with Crippen LogP contribution in [-0.2, 0) is 0 Å². The number of nitrogens with zero attached hydrogens (tertiary/aromatic N) is 1. The van der Waals surface area contributed by atoms with Crippen LogP contribution in [0.25, 0.3) is 0 Å². The molecular weight excluding hydrogens is 146 g/mol. The smallest absolute Gasteiger partial charge is 0.103 e. The number of hydrogen-bond donors (Lipinski definition) is 0. The van der Waals surface area contributed by atoms with Crippen LogP contribution in [0.4, 0.5) is 0 Å². The van der Waals surface area contributed by atoms with Gasteiger partial charge in [0.25, 0.3) is 0 Å². The highest BCUT2D eigenvalue weighted by Gasteiger charge is 2.00. The Morgan fingerprint density at radius 2 is 1.60 bits per heavy atom. The van der Waals surface area contributed by atoms with E-state index in [-0.39, 0.29) is 0 Å². The number of halogens is 1. The summed E-state index contributed by atoms with van der Waals surface area (Å²) >= 11 is 5.99. The van der Waals surface area contributed by atoms with Crippen LogP contribution in [0.15, 0.2) is 10.7 Å². The van der Waals surface area contributed by atoms with Crippen molar-refractivity contribution in [1.82, 2.24) is 4.90 Å². The van der Waals surface area contributed by atoms with Crippen molar-refractivity contribution >= 4 is 11.6 Å². The van der Waals surface area contributed by atoms with Gasteiger partial charge in [-0.25, -0.2) is 0 Å². The van der Waals surface area contributed by atoms with E-state index in [1.807, 2.05) is 19.0 Å². The van der Waals surface area contributed by atoms with Gasteiger partial charge in [0.2, 0.25) is 0 Å². The largest absolute Gasteiger partial charge is 0.369 e. The first kappa shape index (κ1) is 9.83. The summed E-state index contributed by atoms with van der Waals surface area (Å²) < 4.78 is 0. The molecule has 0 aliphatic heterocycles. The summed E-state index contributed by atoms with van der Waals surface area (Å²) in [4.78, 5) is 1.95. The molecular formula is C8H16ClN. The Hall–Kier alpha value is -0.170. The molecule has 0 saturated heterocycles. The van der Waals surface area contributed by atoms with E-state index in [1.165, 1.54) is 5.57 Å². The van der Waals surface area contributed by atoms with E-state index in [9.17, 15) is 0 Å². The highest BCUT2D eigenvalue weighted by atomic mass is 35.5. The van der Waals surface area contributed by atoms with Gasteiger partial charge < -0.3 is 4.90 Å². The summed E-state index contributed by atoms with van der Waals surface area (Å²) in [6, 6.07) is 0. The molecule has 0 bridgehead atoms. The van der Waals surface area contributed by atoms with Gasteiger partial charge >= 0.3 is 0 Å². The first-order valence-corrected chi connectivity index (χ1v) is 4.06. The van der Waals surface area contributed by atoms with E-state index in [1.54, 1.807) is 0 Å². The molecule has 0 rings (SSSR count). The Balaban J connectivity index is 4.27. The van der Waals surface area contributed by atoms with Gasteiger partial charge in [-0.1, -0.05) is 25.4 Å². The summed E-state index contributed by atoms with van der Waals surface area (Å²) in [5.41, 5.74) is 1.33. The summed E-state index contributed by atoms with van der Waals surface area (Å²) in [6.45, 7) is 4.26. The molecule has 0 heterocycles. The van der Waals surface area contributed by atoms with Crippen molar-refractivity contribution in [3.63, 3.8) is 0 Å². The zero-order valence-corrected chi connectivity index (χ0v) is 8.00. The minimum absolute atomic E-state index is 0.894. The van der Waals surface area contributed by atoms with Crippen molar-refractivity contribution in [2.24, 2.45) is 0 Å². The van der Waals surface area contributed by atoms with Crippen molar-refractivity contribution < 1.29 is 0 Å². The molecule has 0 radical (unpaired) electrons. The van der Waals surface area contributed by atoms with Crippen molar-refractivity contribution in [2.75, 3.05) is 14.1 Å². The predicted octanol–water partition coefficient (Wildman–Crippen LogP) is 2.82. The van der Waals surface area contributed by atoms with Gasteiger partial charge in [0.1, 0.15) is 5.16 Å². The molecule has 0 aliphatic rings. The van der Waals surface area contributed by atoms with Gasteiger partial charge in [0, 0.05) is 14.1 Å². The third kappa shape index (κ3) is 2.61. The molecule has 1 nitrogen and oxygen atoms in total. The third-order valence-corrected chi connectivity index (χ3v) is 2.14.